The van der Waals surface area contributed by atoms with Crippen molar-refractivity contribution in [3.05, 3.63) is 29.8 Å². The molecule has 0 aromatic heterocycles. The van der Waals surface area contributed by atoms with Crippen LogP contribution < -0.4 is 10.6 Å². The van der Waals surface area contributed by atoms with E-state index in [1.165, 1.54) is 38.2 Å². The molecule has 0 fully saturated rings. The molecular formula is C13H16N2O6S. The molecule has 0 saturated carbocycles. The number of esters is 1. The first-order chi connectivity index (χ1) is 10.3. The van der Waals surface area contributed by atoms with E-state index in [2.05, 4.69) is 5.32 Å². The number of nitrogens with one attached hydrogen (secondary N) is 2. The van der Waals surface area contributed by atoms with Crippen LogP contribution in [0.1, 0.15) is 17.3 Å². The standard InChI is InChI=1S/C13H16N2O6S/c1-3-22(19,20)10-7-5-4-6-9(10)12(17)21-8-11(16)15-13(18)14-2/h4-7H,3,8H2,1-2H3,(H2,14,15,16,18). The van der Waals surface area contributed by atoms with Gasteiger partial charge in [-0.25, -0.2) is 18.0 Å². The summed E-state index contributed by atoms with van der Waals surface area (Å²) in [4.78, 5) is 34.0. The second kappa shape index (κ2) is 7.55. The van der Waals surface area contributed by atoms with Crippen molar-refractivity contribution in [3.63, 3.8) is 0 Å². The number of ether oxygens (including phenoxy) is 1. The number of imide groups is 1. The van der Waals surface area contributed by atoms with Gasteiger partial charge in [-0.15, -0.1) is 0 Å². The molecule has 0 unspecified atom stereocenters. The molecule has 0 atom stereocenters. The molecule has 0 saturated heterocycles. The molecule has 3 amide bonds. The summed E-state index contributed by atoms with van der Waals surface area (Å²) >= 11 is 0. The third kappa shape index (κ3) is 4.55. The quantitative estimate of drug-likeness (QED) is 0.740. The molecule has 1 aromatic rings. The van der Waals surface area contributed by atoms with Gasteiger partial charge in [-0.05, 0) is 12.1 Å². The average Bonchev–Trinajstić information content (AvgIpc) is 2.52. The summed E-state index contributed by atoms with van der Waals surface area (Å²) in [6.07, 6.45) is 0. The maximum Gasteiger partial charge on any atom is 0.339 e. The van der Waals surface area contributed by atoms with Crippen LogP contribution in [0.15, 0.2) is 29.2 Å². The fraction of sp³-hybridized carbons (Fsp3) is 0.308. The number of benzene rings is 1. The molecule has 0 aliphatic carbocycles. The SMILES string of the molecule is CCS(=O)(=O)c1ccccc1C(=O)OCC(=O)NC(=O)NC. The van der Waals surface area contributed by atoms with Crippen molar-refractivity contribution < 1.29 is 27.5 Å². The molecule has 0 spiro atoms. The lowest BCUT2D eigenvalue weighted by Crippen LogP contribution is -2.39. The summed E-state index contributed by atoms with van der Waals surface area (Å²) in [5.41, 5.74) is -0.155. The Bertz CT molecular complexity index is 684. The van der Waals surface area contributed by atoms with Gasteiger partial charge in [0.05, 0.1) is 16.2 Å². The number of rotatable bonds is 5. The van der Waals surface area contributed by atoms with Crippen LogP contribution in [-0.2, 0) is 19.4 Å². The Balaban J connectivity index is 2.83. The second-order valence-electron chi connectivity index (χ2n) is 4.10. The summed E-state index contributed by atoms with van der Waals surface area (Å²) in [5, 5.41) is 4.07. The summed E-state index contributed by atoms with van der Waals surface area (Å²) in [6, 6.07) is 4.81. The van der Waals surface area contributed by atoms with Crippen molar-refractivity contribution in [2.24, 2.45) is 0 Å². The van der Waals surface area contributed by atoms with Crippen LogP contribution in [0.5, 0.6) is 0 Å². The Hall–Kier alpha value is -2.42. The number of amides is 3. The largest absolute Gasteiger partial charge is 0.452 e. The Kier molecular flexibility index (Phi) is 6.05. The number of carbonyl (C=O) groups is 3. The predicted octanol–water partition coefficient (Wildman–Crippen LogP) is 0.0926. The molecule has 1 rings (SSSR count). The van der Waals surface area contributed by atoms with E-state index < -0.39 is 34.4 Å². The van der Waals surface area contributed by atoms with Crippen LogP contribution in [-0.4, -0.2) is 45.7 Å². The number of sulfone groups is 1. The minimum Gasteiger partial charge on any atom is -0.452 e. The average molecular weight is 328 g/mol. The van der Waals surface area contributed by atoms with Gasteiger partial charge in [-0.1, -0.05) is 19.1 Å². The fourth-order valence-electron chi connectivity index (χ4n) is 1.50. The highest BCUT2D eigenvalue weighted by Gasteiger charge is 2.22. The third-order valence-electron chi connectivity index (χ3n) is 2.64. The smallest absolute Gasteiger partial charge is 0.339 e. The van der Waals surface area contributed by atoms with Crippen LogP contribution in [0, 0.1) is 0 Å². The molecule has 0 heterocycles. The van der Waals surface area contributed by atoms with E-state index in [1.54, 1.807) is 0 Å². The third-order valence-corrected chi connectivity index (χ3v) is 4.42. The lowest BCUT2D eigenvalue weighted by Gasteiger charge is -2.09. The number of carbonyl (C=O) groups excluding carboxylic acids is 3. The molecule has 8 nitrogen and oxygen atoms in total. The van der Waals surface area contributed by atoms with E-state index in [1.807, 2.05) is 5.32 Å². The van der Waals surface area contributed by atoms with E-state index in [-0.39, 0.29) is 16.2 Å². The predicted molar refractivity (Wildman–Crippen MR) is 77.0 cm³/mol. The van der Waals surface area contributed by atoms with Crippen molar-refractivity contribution in [1.82, 2.24) is 10.6 Å². The highest BCUT2D eigenvalue weighted by Crippen LogP contribution is 2.17. The molecular weight excluding hydrogens is 312 g/mol. The lowest BCUT2D eigenvalue weighted by atomic mass is 10.2. The van der Waals surface area contributed by atoms with Crippen LogP contribution >= 0.6 is 0 Å². The first kappa shape index (κ1) is 17.6. The van der Waals surface area contributed by atoms with Gasteiger partial charge >= 0.3 is 12.0 Å². The van der Waals surface area contributed by atoms with E-state index in [0.717, 1.165) is 0 Å². The molecule has 0 aliphatic heterocycles. The molecule has 22 heavy (non-hydrogen) atoms. The maximum absolute atomic E-state index is 11.9. The second-order valence-corrected chi connectivity index (χ2v) is 6.35. The van der Waals surface area contributed by atoms with Gasteiger partial charge < -0.3 is 10.1 Å². The fourth-order valence-corrected chi connectivity index (χ4v) is 2.58. The Morgan fingerprint density at radius 3 is 2.41 bits per heavy atom. The van der Waals surface area contributed by atoms with Gasteiger partial charge in [0.15, 0.2) is 16.4 Å². The normalized spacial score (nSPS) is 10.6. The van der Waals surface area contributed by atoms with E-state index >= 15 is 0 Å². The van der Waals surface area contributed by atoms with Crippen molar-refractivity contribution in [2.75, 3.05) is 19.4 Å². The molecule has 1 aromatic carbocycles. The summed E-state index contributed by atoms with van der Waals surface area (Å²) in [7, 11) is -2.28. The van der Waals surface area contributed by atoms with E-state index in [4.69, 9.17) is 4.74 Å². The van der Waals surface area contributed by atoms with Crippen molar-refractivity contribution in [2.45, 2.75) is 11.8 Å². The first-order valence-corrected chi connectivity index (χ1v) is 7.97. The zero-order chi connectivity index (χ0) is 16.8. The molecule has 120 valence electrons. The minimum atomic E-state index is -3.60. The van der Waals surface area contributed by atoms with Crippen molar-refractivity contribution in [3.8, 4) is 0 Å². The molecule has 9 heteroatoms. The molecule has 2 N–H and O–H groups in total. The molecule has 0 radical (unpaired) electrons. The van der Waals surface area contributed by atoms with Gasteiger partial charge in [0, 0.05) is 7.05 Å². The maximum atomic E-state index is 11.9. The van der Waals surface area contributed by atoms with Crippen LogP contribution in [0.4, 0.5) is 4.79 Å². The van der Waals surface area contributed by atoms with Gasteiger partial charge in [-0.3, -0.25) is 10.1 Å². The Labute approximate surface area is 127 Å². The van der Waals surface area contributed by atoms with Crippen LogP contribution in [0.3, 0.4) is 0 Å². The summed E-state index contributed by atoms with van der Waals surface area (Å²) in [5.74, 6) is -1.96. The molecule has 0 aliphatic rings. The molecule has 0 bridgehead atoms. The Morgan fingerprint density at radius 1 is 1.18 bits per heavy atom. The zero-order valence-corrected chi connectivity index (χ0v) is 12.9. The van der Waals surface area contributed by atoms with E-state index in [0.29, 0.717) is 0 Å². The Morgan fingerprint density at radius 2 is 1.82 bits per heavy atom. The lowest BCUT2D eigenvalue weighted by molar-refractivity contribution is -0.123. The zero-order valence-electron chi connectivity index (χ0n) is 12.1. The number of hydrogen-bond acceptors (Lipinski definition) is 6. The van der Waals surface area contributed by atoms with Gasteiger partial charge in [0.1, 0.15) is 0 Å². The van der Waals surface area contributed by atoms with Crippen LogP contribution in [0.25, 0.3) is 0 Å². The van der Waals surface area contributed by atoms with Crippen molar-refractivity contribution >= 4 is 27.7 Å². The summed E-state index contributed by atoms with van der Waals surface area (Å²) < 4.78 is 28.5. The number of hydrogen-bond donors (Lipinski definition) is 2. The minimum absolute atomic E-state index is 0.155. The highest BCUT2D eigenvalue weighted by atomic mass is 32.2. The monoisotopic (exact) mass is 328 g/mol. The highest BCUT2D eigenvalue weighted by molar-refractivity contribution is 7.91. The first-order valence-electron chi connectivity index (χ1n) is 6.32. The van der Waals surface area contributed by atoms with Gasteiger partial charge in [0.2, 0.25) is 0 Å². The summed E-state index contributed by atoms with van der Waals surface area (Å²) in [6.45, 7) is 0.751. The van der Waals surface area contributed by atoms with Gasteiger partial charge in [0.25, 0.3) is 5.91 Å². The number of urea groups is 1. The van der Waals surface area contributed by atoms with Crippen LogP contribution in [0.2, 0.25) is 0 Å². The topological polar surface area (TPSA) is 119 Å². The van der Waals surface area contributed by atoms with E-state index in [9.17, 15) is 22.8 Å². The van der Waals surface area contributed by atoms with Crippen molar-refractivity contribution in [1.29, 1.82) is 0 Å². The van der Waals surface area contributed by atoms with Gasteiger partial charge in [-0.2, -0.15) is 0 Å².